The molecule has 2 saturated heterocycles. The molecule has 8 nitrogen and oxygen atoms in total. The van der Waals surface area contributed by atoms with Gasteiger partial charge in [-0.05, 0) is 37.0 Å². The predicted octanol–water partition coefficient (Wildman–Crippen LogP) is 2.36. The van der Waals surface area contributed by atoms with Gasteiger partial charge in [-0.15, -0.1) is 18.3 Å². The molecule has 2 aliphatic heterocycles. The van der Waals surface area contributed by atoms with Crippen LogP contribution in [-0.2, 0) is 28.9 Å². The summed E-state index contributed by atoms with van der Waals surface area (Å²) in [4.78, 5) is 29.6. The highest BCUT2D eigenvalue weighted by atomic mass is 19.4. The van der Waals surface area contributed by atoms with Crippen molar-refractivity contribution in [2.75, 3.05) is 26.2 Å². The number of fused-ring (bicyclic) bond motifs is 2. The first-order chi connectivity index (χ1) is 16.2. The third-order valence-corrected chi connectivity index (χ3v) is 7.17. The number of halogens is 3. The largest absolute Gasteiger partial charge is 0.573 e. The number of nitrogens with zero attached hydrogens (tertiary/aromatic N) is 4. The van der Waals surface area contributed by atoms with Gasteiger partial charge in [0.1, 0.15) is 5.75 Å². The lowest BCUT2D eigenvalue weighted by Crippen LogP contribution is -2.40. The van der Waals surface area contributed by atoms with Crippen molar-refractivity contribution >= 4 is 11.8 Å². The fraction of sp³-hybridized carbons (Fsp3) is 0.565. The van der Waals surface area contributed by atoms with Crippen molar-refractivity contribution in [3.63, 3.8) is 0 Å². The van der Waals surface area contributed by atoms with E-state index in [1.165, 1.54) is 12.1 Å². The zero-order chi connectivity index (χ0) is 23.9. The Kier molecular flexibility index (Phi) is 5.95. The monoisotopic (exact) mass is 477 g/mol. The van der Waals surface area contributed by atoms with E-state index < -0.39 is 6.36 Å². The van der Waals surface area contributed by atoms with Crippen molar-refractivity contribution in [3.8, 4) is 5.75 Å². The van der Waals surface area contributed by atoms with Crippen molar-refractivity contribution in [1.29, 1.82) is 0 Å². The van der Waals surface area contributed by atoms with Gasteiger partial charge in [-0.1, -0.05) is 17.3 Å². The van der Waals surface area contributed by atoms with E-state index in [9.17, 15) is 22.8 Å². The zero-order valence-corrected chi connectivity index (χ0v) is 18.6. The van der Waals surface area contributed by atoms with Gasteiger partial charge in [0.15, 0.2) is 0 Å². The number of hydrogen-bond donors (Lipinski definition) is 1. The molecule has 1 aromatic carbocycles. The van der Waals surface area contributed by atoms with Crippen LogP contribution in [-0.4, -0.2) is 69.6 Å². The molecule has 3 aliphatic rings. The lowest BCUT2D eigenvalue weighted by molar-refractivity contribution is -0.274. The molecule has 182 valence electrons. The summed E-state index contributed by atoms with van der Waals surface area (Å²) >= 11 is 0. The van der Waals surface area contributed by atoms with Gasteiger partial charge in [-0.2, -0.15) is 0 Å². The third-order valence-electron chi connectivity index (χ3n) is 7.17. The minimum Gasteiger partial charge on any atom is -0.406 e. The molecule has 0 saturated carbocycles. The third kappa shape index (κ3) is 4.88. The number of hydrogen-bond acceptors (Lipinski definition) is 5. The maximum atomic E-state index is 13.1. The van der Waals surface area contributed by atoms with Gasteiger partial charge in [0.25, 0.3) is 0 Å². The molecule has 2 aromatic rings. The molecule has 2 fully saturated rings. The summed E-state index contributed by atoms with van der Waals surface area (Å²) in [6, 6.07) is 5.61. The van der Waals surface area contributed by atoms with Crippen LogP contribution >= 0.6 is 0 Å². The van der Waals surface area contributed by atoms with Crippen molar-refractivity contribution in [1.82, 2.24) is 25.2 Å². The fourth-order valence-electron chi connectivity index (χ4n) is 5.40. The van der Waals surface area contributed by atoms with Crippen molar-refractivity contribution in [2.24, 2.45) is 17.8 Å². The van der Waals surface area contributed by atoms with Gasteiger partial charge in [0, 0.05) is 56.8 Å². The maximum absolute atomic E-state index is 13.1. The second kappa shape index (κ2) is 8.92. The summed E-state index contributed by atoms with van der Waals surface area (Å²) in [5, 5.41) is 10.8. The van der Waals surface area contributed by atoms with E-state index in [2.05, 4.69) is 20.1 Å². The number of carbonyl (C=O) groups excluding carboxylic acids is 2. The molecule has 3 atom stereocenters. The van der Waals surface area contributed by atoms with E-state index in [1.807, 2.05) is 9.80 Å². The van der Waals surface area contributed by atoms with E-state index in [1.54, 1.807) is 12.1 Å². The van der Waals surface area contributed by atoms with Gasteiger partial charge in [-0.25, -0.2) is 0 Å². The van der Waals surface area contributed by atoms with E-state index >= 15 is 0 Å². The molecule has 2 amide bonds. The van der Waals surface area contributed by atoms with Crippen LogP contribution in [0.5, 0.6) is 5.75 Å². The minimum absolute atomic E-state index is 0.0359. The van der Waals surface area contributed by atoms with Crippen LogP contribution in [0.3, 0.4) is 0 Å². The Balaban J connectivity index is 1.08. The molecule has 1 unspecified atom stereocenters. The Morgan fingerprint density at radius 3 is 2.41 bits per heavy atom. The number of H-pyrrole nitrogens is 1. The van der Waals surface area contributed by atoms with Crippen LogP contribution in [0.1, 0.15) is 29.8 Å². The summed E-state index contributed by atoms with van der Waals surface area (Å²) < 4.78 is 40.7. The Bertz CT molecular complexity index is 1040. The SMILES string of the molecule is O=C(CCc1ccc(OC(F)(F)F)cc1)N1C[C@@H]2CN(C(=O)C3CCc4[nH]nnc4C3)C[C@H]2C1. The molecule has 11 heteroatoms. The average molecular weight is 477 g/mol. The lowest BCUT2D eigenvalue weighted by atomic mass is 9.89. The molecule has 34 heavy (non-hydrogen) atoms. The number of amides is 2. The lowest BCUT2D eigenvalue weighted by Gasteiger charge is -2.27. The number of benzene rings is 1. The first kappa shape index (κ1) is 22.7. The van der Waals surface area contributed by atoms with Gasteiger partial charge in [0.05, 0.1) is 11.4 Å². The van der Waals surface area contributed by atoms with Crippen molar-refractivity contribution in [2.45, 2.75) is 38.5 Å². The Morgan fingerprint density at radius 2 is 1.74 bits per heavy atom. The number of aryl methyl sites for hydroxylation is 2. The highest BCUT2D eigenvalue weighted by Crippen LogP contribution is 2.34. The van der Waals surface area contributed by atoms with Gasteiger partial charge in [0.2, 0.25) is 11.8 Å². The Morgan fingerprint density at radius 1 is 1.06 bits per heavy atom. The summed E-state index contributed by atoms with van der Waals surface area (Å²) in [5.41, 5.74) is 2.70. The van der Waals surface area contributed by atoms with Crippen molar-refractivity contribution < 1.29 is 27.5 Å². The number of aromatic amines is 1. The predicted molar refractivity (Wildman–Crippen MR) is 113 cm³/mol. The van der Waals surface area contributed by atoms with Gasteiger partial charge >= 0.3 is 6.36 Å². The number of rotatable bonds is 5. The summed E-state index contributed by atoms with van der Waals surface area (Å²) in [6.45, 7) is 2.64. The highest BCUT2D eigenvalue weighted by molar-refractivity contribution is 5.80. The summed E-state index contributed by atoms with van der Waals surface area (Å²) in [6.07, 6.45) is -1.75. The molecule has 1 N–H and O–H groups in total. The zero-order valence-electron chi connectivity index (χ0n) is 18.6. The molecule has 1 aromatic heterocycles. The second-order valence-electron chi connectivity index (χ2n) is 9.43. The quantitative estimate of drug-likeness (QED) is 0.714. The first-order valence-electron chi connectivity index (χ1n) is 11.5. The number of ether oxygens (including phenoxy) is 1. The number of alkyl halides is 3. The summed E-state index contributed by atoms with van der Waals surface area (Å²) in [5.74, 6) is 0.467. The topological polar surface area (TPSA) is 91.4 Å². The maximum Gasteiger partial charge on any atom is 0.573 e. The molecule has 0 radical (unpaired) electrons. The average Bonchev–Trinajstić information content (AvgIpc) is 3.51. The molecule has 3 heterocycles. The number of nitrogens with one attached hydrogen (secondary N) is 1. The second-order valence-corrected chi connectivity index (χ2v) is 9.43. The summed E-state index contributed by atoms with van der Waals surface area (Å²) in [7, 11) is 0. The van der Waals surface area contributed by atoms with Crippen LogP contribution in [0.15, 0.2) is 24.3 Å². The van der Waals surface area contributed by atoms with Crippen LogP contribution in [0, 0.1) is 17.8 Å². The molecular weight excluding hydrogens is 451 g/mol. The van der Waals surface area contributed by atoms with E-state index in [0.717, 1.165) is 29.8 Å². The molecule has 0 bridgehead atoms. The molecular formula is C23H26F3N5O3. The number of carbonyl (C=O) groups is 2. The van der Waals surface area contributed by atoms with E-state index in [4.69, 9.17) is 0 Å². The number of aromatic nitrogens is 3. The highest BCUT2D eigenvalue weighted by Gasteiger charge is 2.44. The van der Waals surface area contributed by atoms with Crippen LogP contribution in [0.25, 0.3) is 0 Å². The number of likely N-dealkylation sites (tertiary alicyclic amines) is 2. The van der Waals surface area contributed by atoms with Crippen LogP contribution < -0.4 is 4.74 Å². The molecule has 1 aliphatic carbocycles. The van der Waals surface area contributed by atoms with E-state index in [-0.39, 0.29) is 35.3 Å². The molecule has 5 rings (SSSR count). The first-order valence-corrected chi connectivity index (χ1v) is 11.5. The Hall–Kier alpha value is -3.11. The minimum atomic E-state index is -4.72. The Labute approximate surface area is 194 Å². The van der Waals surface area contributed by atoms with Gasteiger partial charge < -0.3 is 14.5 Å². The van der Waals surface area contributed by atoms with Gasteiger partial charge in [-0.3, -0.25) is 14.7 Å². The molecule has 0 spiro atoms. The van der Waals surface area contributed by atoms with Crippen LogP contribution in [0.2, 0.25) is 0 Å². The smallest absolute Gasteiger partial charge is 0.406 e. The fourth-order valence-corrected chi connectivity index (χ4v) is 5.40. The van der Waals surface area contributed by atoms with Crippen LogP contribution in [0.4, 0.5) is 13.2 Å². The normalized spacial score (nSPS) is 24.1. The van der Waals surface area contributed by atoms with E-state index in [0.29, 0.717) is 45.4 Å². The van der Waals surface area contributed by atoms with Crippen molar-refractivity contribution in [3.05, 3.63) is 41.2 Å². The standard InChI is InChI=1S/C23H26F3N5O3/c24-23(25,26)34-18-5-1-14(2-6-18)3-8-21(32)30-10-16-12-31(13-17(16)11-30)22(33)15-4-7-19-20(9-15)28-29-27-19/h1-2,5-6,15-17H,3-4,7-13H2,(H,27,28,29)/t15?,16-,17-/m1/s1.